The Kier molecular flexibility index (Phi) is 9.73. The van der Waals surface area contributed by atoms with E-state index in [1.165, 1.54) is 5.69 Å². The Morgan fingerprint density at radius 3 is 2.23 bits per heavy atom. The number of fused-ring (bicyclic) bond motifs is 1. The summed E-state index contributed by atoms with van der Waals surface area (Å²) in [5.74, 6) is 4.36. The number of benzene rings is 1. The average Bonchev–Trinajstić information content (AvgIpc) is 2.95. The van der Waals surface area contributed by atoms with Gasteiger partial charge in [0.15, 0.2) is 5.65 Å². The summed E-state index contributed by atoms with van der Waals surface area (Å²) in [7, 11) is 0.158. The number of urea groups is 1. The Bertz CT molecular complexity index is 1500. The smallest absolute Gasteiger partial charge is 0.320 e. The first-order chi connectivity index (χ1) is 21.0. The van der Waals surface area contributed by atoms with Gasteiger partial charge in [0.05, 0.1) is 24.6 Å². The molecule has 10 nitrogen and oxygen atoms in total. The largest absolute Gasteiger partial charge is 0.377 e. The van der Waals surface area contributed by atoms with Crippen LogP contribution >= 0.6 is 0 Å². The van der Waals surface area contributed by atoms with Crippen LogP contribution in [0.5, 0.6) is 0 Å². The lowest BCUT2D eigenvalue weighted by Crippen LogP contribution is -2.50. The molecule has 0 radical (unpaired) electrons. The molecule has 0 saturated carbocycles. The van der Waals surface area contributed by atoms with Gasteiger partial charge in [0, 0.05) is 49.3 Å². The van der Waals surface area contributed by atoms with Crippen molar-refractivity contribution in [3.63, 3.8) is 0 Å². The molecule has 2 aliphatic heterocycles. The van der Waals surface area contributed by atoms with Gasteiger partial charge in [-0.25, -0.2) is 14.8 Å². The van der Waals surface area contributed by atoms with Gasteiger partial charge in [-0.3, -0.25) is 5.32 Å². The molecule has 4 heterocycles. The molecule has 234 valence electrons. The Balaban J connectivity index is 1.45. The minimum atomic E-state index is -2.00. The van der Waals surface area contributed by atoms with Crippen molar-refractivity contribution in [3.05, 3.63) is 42.1 Å². The fraction of sp³-hybridized carbons (Fsp3) is 0.515. The molecule has 0 unspecified atom stereocenters. The maximum absolute atomic E-state index is 12.7. The zero-order valence-corrected chi connectivity index (χ0v) is 28.1. The van der Waals surface area contributed by atoms with E-state index < -0.39 is 8.07 Å². The molecule has 11 heteroatoms. The number of hydrogen-bond donors (Lipinski definition) is 3. The first-order valence-electron chi connectivity index (χ1n) is 15.7. The van der Waals surface area contributed by atoms with Gasteiger partial charge in [-0.15, -0.1) is 5.54 Å². The van der Waals surface area contributed by atoms with Crippen molar-refractivity contribution < 1.29 is 9.53 Å². The van der Waals surface area contributed by atoms with Gasteiger partial charge in [0.2, 0.25) is 5.95 Å². The van der Waals surface area contributed by atoms with Gasteiger partial charge >= 0.3 is 6.03 Å². The van der Waals surface area contributed by atoms with Crippen molar-refractivity contribution in [1.29, 1.82) is 0 Å². The van der Waals surface area contributed by atoms with Gasteiger partial charge in [-0.1, -0.05) is 47.5 Å². The predicted molar refractivity (Wildman–Crippen MR) is 181 cm³/mol. The predicted octanol–water partition coefficient (Wildman–Crippen LogP) is 5.61. The van der Waals surface area contributed by atoms with E-state index in [1.54, 1.807) is 6.20 Å². The number of anilines is 4. The standard InChI is InChI=1S/C33H46N8O2Si/c1-22(2)44(23(3)4,24(5)6)17-12-25-18-30(38-33(42)36-27-20-43-21-27)37-31-29(25)19-34-32(39-31)35-26-8-10-28(11-9-26)41-15-13-40(7)14-16-41/h8-11,18-19,22-24,27H,13-16,20-21H2,1-7H3,(H3,34,35,36,37,38,39,42). The monoisotopic (exact) mass is 614 g/mol. The summed E-state index contributed by atoms with van der Waals surface area (Å²) in [5, 5.41) is 9.88. The minimum Gasteiger partial charge on any atom is -0.377 e. The maximum atomic E-state index is 12.7. The van der Waals surface area contributed by atoms with Gasteiger partial charge in [-0.05, 0) is 54.0 Å². The summed E-state index contributed by atoms with van der Waals surface area (Å²) in [6, 6.07) is 9.86. The Labute approximate surface area is 262 Å². The van der Waals surface area contributed by atoms with E-state index in [2.05, 4.69) is 103 Å². The van der Waals surface area contributed by atoms with Crippen molar-refractivity contribution in [1.82, 2.24) is 25.2 Å². The summed E-state index contributed by atoms with van der Waals surface area (Å²) in [6.45, 7) is 19.0. The zero-order valence-electron chi connectivity index (χ0n) is 27.1. The van der Waals surface area contributed by atoms with E-state index in [0.717, 1.165) is 42.8 Å². The molecule has 2 amide bonds. The number of likely N-dealkylation sites (N-methyl/N-ethyl adjacent to an activating group) is 1. The number of nitrogens with zero attached hydrogens (tertiary/aromatic N) is 5. The number of ether oxygens (including phenoxy) is 1. The number of carbonyl (C=O) groups is 1. The van der Waals surface area contributed by atoms with E-state index in [9.17, 15) is 4.79 Å². The second-order valence-electron chi connectivity index (χ2n) is 12.9. The summed E-state index contributed by atoms with van der Waals surface area (Å²) in [5.41, 5.74) is 8.60. The fourth-order valence-electron chi connectivity index (χ4n) is 6.45. The lowest BCUT2D eigenvalue weighted by molar-refractivity contribution is 0.000731. The van der Waals surface area contributed by atoms with E-state index in [1.807, 2.05) is 18.2 Å². The Morgan fingerprint density at radius 2 is 1.64 bits per heavy atom. The van der Waals surface area contributed by atoms with E-state index in [-0.39, 0.29) is 12.1 Å². The highest BCUT2D eigenvalue weighted by atomic mass is 28.3. The molecule has 0 aliphatic carbocycles. The molecule has 44 heavy (non-hydrogen) atoms. The van der Waals surface area contributed by atoms with Crippen molar-refractivity contribution in [2.24, 2.45) is 0 Å². The van der Waals surface area contributed by atoms with Crippen molar-refractivity contribution in [2.45, 2.75) is 64.2 Å². The summed E-state index contributed by atoms with van der Waals surface area (Å²) >= 11 is 0. The number of pyridine rings is 1. The van der Waals surface area contributed by atoms with Gasteiger partial charge in [0.25, 0.3) is 0 Å². The molecular formula is C33H46N8O2Si. The highest BCUT2D eigenvalue weighted by Gasteiger charge is 2.41. The number of amides is 2. The van der Waals surface area contributed by atoms with Gasteiger partial charge < -0.3 is 25.2 Å². The van der Waals surface area contributed by atoms with E-state index in [0.29, 0.717) is 47.3 Å². The average molecular weight is 615 g/mol. The lowest BCUT2D eigenvalue weighted by Gasteiger charge is -2.38. The van der Waals surface area contributed by atoms with Crippen LogP contribution in [-0.4, -0.2) is 86.4 Å². The highest BCUT2D eigenvalue weighted by molar-refractivity contribution is 6.90. The molecule has 0 bridgehead atoms. The van der Waals surface area contributed by atoms with Crippen LogP contribution in [0.4, 0.5) is 27.9 Å². The molecule has 5 rings (SSSR count). The Morgan fingerprint density at radius 1 is 0.977 bits per heavy atom. The molecule has 3 aromatic rings. The van der Waals surface area contributed by atoms with Crippen LogP contribution in [0.1, 0.15) is 47.1 Å². The van der Waals surface area contributed by atoms with Crippen molar-refractivity contribution in [2.75, 3.05) is 62.0 Å². The molecule has 2 saturated heterocycles. The normalized spacial score (nSPS) is 16.2. The zero-order chi connectivity index (χ0) is 31.4. The first kappa shape index (κ1) is 31.7. The molecule has 0 atom stereocenters. The van der Waals surface area contributed by atoms with Crippen LogP contribution in [0.25, 0.3) is 11.0 Å². The molecule has 2 aliphatic rings. The summed E-state index contributed by atoms with van der Waals surface area (Å²) in [6.07, 6.45) is 1.78. The van der Waals surface area contributed by atoms with Crippen LogP contribution in [0.3, 0.4) is 0 Å². The maximum Gasteiger partial charge on any atom is 0.320 e. The molecule has 1 aromatic carbocycles. The third-order valence-corrected chi connectivity index (χ3v) is 15.3. The van der Waals surface area contributed by atoms with Crippen LogP contribution in [0.15, 0.2) is 36.5 Å². The second kappa shape index (κ2) is 13.5. The topological polar surface area (TPSA) is 108 Å². The number of aromatic nitrogens is 3. The van der Waals surface area contributed by atoms with Crippen LogP contribution in [-0.2, 0) is 4.74 Å². The summed E-state index contributed by atoms with van der Waals surface area (Å²) < 4.78 is 5.19. The van der Waals surface area contributed by atoms with Crippen LogP contribution < -0.4 is 20.9 Å². The molecule has 2 aromatic heterocycles. The van der Waals surface area contributed by atoms with E-state index >= 15 is 0 Å². The first-order valence-corrected chi connectivity index (χ1v) is 17.9. The molecular weight excluding hydrogens is 569 g/mol. The van der Waals surface area contributed by atoms with Crippen molar-refractivity contribution >= 4 is 48.3 Å². The minimum absolute atomic E-state index is 0.00484. The van der Waals surface area contributed by atoms with Crippen molar-refractivity contribution in [3.8, 4) is 11.5 Å². The van der Waals surface area contributed by atoms with Gasteiger partial charge in [-0.2, -0.15) is 4.98 Å². The number of rotatable bonds is 8. The van der Waals surface area contributed by atoms with E-state index in [4.69, 9.17) is 14.7 Å². The van der Waals surface area contributed by atoms with Crippen LogP contribution in [0, 0.1) is 11.5 Å². The third kappa shape index (κ3) is 6.98. The SMILES string of the molecule is CC(C)[Si](C#Cc1cc(NC(=O)NC2COC2)nc2nc(Nc3ccc(N4CCN(C)CC4)cc3)ncc12)(C(C)C)C(C)C. The molecule has 3 N–H and O–H groups in total. The molecule has 0 spiro atoms. The lowest BCUT2D eigenvalue weighted by atomic mass is 10.2. The number of piperazine rings is 1. The third-order valence-electron chi connectivity index (χ3n) is 9.05. The van der Waals surface area contributed by atoms with Gasteiger partial charge in [0.1, 0.15) is 13.9 Å². The quantitative estimate of drug-likeness (QED) is 0.222. The number of carbonyl (C=O) groups excluding carboxylic acids is 1. The Hall–Kier alpha value is -3.72. The number of hydrogen-bond acceptors (Lipinski definition) is 8. The molecule has 2 fully saturated rings. The van der Waals surface area contributed by atoms with Crippen LogP contribution in [0.2, 0.25) is 16.6 Å². The summed E-state index contributed by atoms with van der Waals surface area (Å²) in [4.78, 5) is 31.6. The highest BCUT2D eigenvalue weighted by Crippen LogP contribution is 2.41. The second-order valence-corrected chi connectivity index (χ2v) is 18.5. The number of nitrogens with one attached hydrogen (secondary N) is 3. The fourth-order valence-corrected chi connectivity index (χ4v) is 11.7.